The molecule has 0 unspecified atom stereocenters. The highest BCUT2D eigenvalue weighted by atomic mass is 16.5. The smallest absolute Gasteiger partial charge is 0.356 e. The van der Waals surface area contributed by atoms with Crippen LogP contribution in [0.2, 0.25) is 0 Å². The van der Waals surface area contributed by atoms with Gasteiger partial charge in [-0.25, -0.2) is 9.59 Å². The number of hydrogen-bond donors (Lipinski definition) is 9. The molecule has 3 aromatic rings. The zero-order valence-corrected chi connectivity index (χ0v) is 29.9. The molecular weight excluding hydrogens is 718 g/mol. The molecular formula is C38H45N5O12. The SMILES string of the molecule is NC(=O)C[C@H](NC(=O)C1(NC(=O)[C@H](Cc2ccc(OC(C(=O)O)C(=O)O)cc2)NC(=O)C(O)O)CCCCC1)C(=O)NCCCc1cccc2ccccc12. The maximum atomic E-state index is 14.0. The van der Waals surface area contributed by atoms with E-state index in [0.717, 1.165) is 22.8 Å². The highest BCUT2D eigenvalue weighted by Gasteiger charge is 2.44. The zero-order chi connectivity index (χ0) is 40.1. The van der Waals surface area contributed by atoms with E-state index in [4.69, 9.17) is 20.7 Å². The number of aliphatic hydroxyl groups excluding tert-OH is 1. The van der Waals surface area contributed by atoms with E-state index in [-0.39, 0.29) is 31.6 Å². The van der Waals surface area contributed by atoms with Crippen molar-refractivity contribution >= 4 is 52.2 Å². The second kappa shape index (κ2) is 19.3. The number of carboxylic acid groups (broad SMARTS) is 2. The van der Waals surface area contributed by atoms with E-state index < -0.39 is 77.9 Å². The number of nitrogens with two attached hydrogens (primary N) is 1. The minimum atomic E-state index is -2.48. The second-order valence-electron chi connectivity index (χ2n) is 13.3. The van der Waals surface area contributed by atoms with Crippen LogP contribution in [-0.2, 0) is 46.4 Å². The van der Waals surface area contributed by atoms with Gasteiger partial charge in [-0.05, 0) is 59.7 Å². The predicted octanol–water partition coefficient (Wildman–Crippen LogP) is 0.0227. The van der Waals surface area contributed by atoms with Crippen LogP contribution in [0.15, 0.2) is 66.7 Å². The number of carbonyl (C=O) groups excluding carboxylic acids is 5. The average molecular weight is 764 g/mol. The van der Waals surface area contributed by atoms with E-state index in [1.807, 2.05) is 42.5 Å². The molecule has 0 aliphatic heterocycles. The number of carboxylic acids is 2. The largest absolute Gasteiger partial charge is 0.478 e. The molecule has 4 rings (SSSR count). The van der Waals surface area contributed by atoms with Gasteiger partial charge in [-0.2, -0.15) is 0 Å². The normalized spacial score (nSPS) is 14.7. The van der Waals surface area contributed by atoms with Crippen LogP contribution in [0.1, 0.15) is 56.1 Å². The van der Waals surface area contributed by atoms with Gasteiger partial charge < -0.3 is 52.2 Å². The van der Waals surface area contributed by atoms with E-state index in [9.17, 15) is 43.8 Å². The molecule has 0 saturated heterocycles. The third-order valence-electron chi connectivity index (χ3n) is 9.27. The van der Waals surface area contributed by atoms with Gasteiger partial charge >= 0.3 is 11.9 Å². The van der Waals surface area contributed by atoms with Crippen LogP contribution < -0.4 is 31.7 Å². The van der Waals surface area contributed by atoms with Crippen LogP contribution in [0.3, 0.4) is 0 Å². The number of aliphatic carboxylic acids is 2. The number of nitrogens with one attached hydrogen (secondary N) is 4. The molecule has 1 fully saturated rings. The summed E-state index contributed by atoms with van der Waals surface area (Å²) in [6.45, 7) is 0.236. The molecule has 5 amide bonds. The van der Waals surface area contributed by atoms with Crippen LogP contribution in [0.4, 0.5) is 0 Å². The summed E-state index contributed by atoms with van der Waals surface area (Å²) < 4.78 is 5.00. The van der Waals surface area contributed by atoms with Gasteiger partial charge in [-0.3, -0.25) is 24.0 Å². The molecule has 0 heterocycles. The molecule has 17 nitrogen and oxygen atoms in total. The van der Waals surface area contributed by atoms with Gasteiger partial charge in [0.2, 0.25) is 29.9 Å². The van der Waals surface area contributed by atoms with Crippen LogP contribution in [0.5, 0.6) is 5.75 Å². The minimum absolute atomic E-state index is 0.119. The number of fused-ring (bicyclic) bond motifs is 1. The van der Waals surface area contributed by atoms with Crippen molar-refractivity contribution < 1.29 is 58.7 Å². The van der Waals surface area contributed by atoms with Crippen molar-refractivity contribution in [2.45, 2.75) is 87.8 Å². The van der Waals surface area contributed by atoms with Crippen molar-refractivity contribution in [1.29, 1.82) is 0 Å². The Balaban J connectivity index is 1.46. The first-order valence-corrected chi connectivity index (χ1v) is 17.7. The first-order chi connectivity index (χ1) is 26.2. The number of benzene rings is 3. The summed E-state index contributed by atoms with van der Waals surface area (Å²) in [5.41, 5.74) is 5.31. The average Bonchev–Trinajstić information content (AvgIpc) is 3.15. The van der Waals surface area contributed by atoms with Crippen molar-refractivity contribution in [3.8, 4) is 5.75 Å². The highest BCUT2D eigenvalue weighted by Crippen LogP contribution is 2.29. The van der Waals surface area contributed by atoms with E-state index in [0.29, 0.717) is 31.2 Å². The molecule has 0 bridgehead atoms. The van der Waals surface area contributed by atoms with Crippen LogP contribution >= 0.6 is 0 Å². The summed E-state index contributed by atoms with van der Waals surface area (Å²) in [6.07, 6.45) is -2.19. The second-order valence-corrected chi connectivity index (χ2v) is 13.3. The van der Waals surface area contributed by atoms with E-state index in [1.54, 1.807) is 0 Å². The maximum Gasteiger partial charge on any atom is 0.356 e. The Morgan fingerprint density at radius 3 is 2.05 bits per heavy atom. The van der Waals surface area contributed by atoms with Crippen molar-refractivity contribution in [2.75, 3.05) is 6.54 Å². The summed E-state index contributed by atoms with van der Waals surface area (Å²) in [6, 6.07) is 16.3. The molecule has 0 radical (unpaired) electrons. The molecule has 10 N–H and O–H groups in total. The fourth-order valence-corrected chi connectivity index (χ4v) is 6.46. The Morgan fingerprint density at radius 2 is 1.42 bits per heavy atom. The van der Waals surface area contributed by atoms with E-state index in [1.165, 1.54) is 24.3 Å². The summed E-state index contributed by atoms with van der Waals surface area (Å²) >= 11 is 0. The molecule has 1 aliphatic carbocycles. The Morgan fingerprint density at radius 1 is 0.764 bits per heavy atom. The molecule has 17 heteroatoms. The topological polar surface area (TPSA) is 284 Å². The Kier molecular flexibility index (Phi) is 14.6. The monoisotopic (exact) mass is 763 g/mol. The Labute approximate surface area is 315 Å². The van der Waals surface area contributed by atoms with Gasteiger partial charge in [0.25, 0.3) is 12.0 Å². The lowest BCUT2D eigenvalue weighted by molar-refractivity contribution is -0.159. The molecule has 2 atom stereocenters. The predicted molar refractivity (Wildman–Crippen MR) is 195 cm³/mol. The maximum absolute atomic E-state index is 14.0. The Hall–Kier alpha value is -6.07. The summed E-state index contributed by atoms with van der Waals surface area (Å²) in [7, 11) is 0. The molecule has 1 saturated carbocycles. The third-order valence-corrected chi connectivity index (χ3v) is 9.27. The highest BCUT2D eigenvalue weighted by molar-refractivity contribution is 5.98. The number of aliphatic hydroxyl groups is 2. The van der Waals surface area contributed by atoms with Crippen LogP contribution in [-0.4, -0.2) is 98.5 Å². The summed E-state index contributed by atoms with van der Waals surface area (Å²) in [5, 5.41) is 49.5. The lowest BCUT2D eigenvalue weighted by Crippen LogP contribution is -2.65. The van der Waals surface area contributed by atoms with E-state index in [2.05, 4.69) is 21.3 Å². The Bertz CT molecular complexity index is 1860. The number of amides is 5. The molecule has 294 valence electrons. The van der Waals surface area contributed by atoms with Gasteiger partial charge in [0.15, 0.2) is 0 Å². The molecule has 3 aromatic carbocycles. The number of rotatable bonds is 19. The van der Waals surface area contributed by atoms with Gasteiger partial charge in [0, 0.05) is 13.0 Å². The summed E-state index contributed by atoms with van der Waals surface area (Å²) in [4.78, 5) is 87.9. The molecule has 1 aliphatic rings. The number of hydrogen-bond acceptors (Lipinski definition) is 10. The van der Waals surface area contributed by atoms with Gasteiger partial charge in [-0.1, -0.05) is 73.9 Å². The molecule has 0 aromatic heterocycles. The zero-order valence-electron chi connectivity index (χ0n) is 29.9. The van der Waals surface area contributed by atoms with Crippen molar-refractivity contribution in [3.63, 3.8) is 0 Å². The number of primary amides is 1. The molecule has 0 spiro atoms. The fraction of sp³-hybridized carbons (Fsp3) is 0.395. The lowest BCUT2D eigenvalue weighted by Gasteiger charge is -2.38. The van der Waals surface area contributed by atoms with Crippen LogP contribution in [0, 0.1) is 0 Å². The minimum Gasteiger partial charge on any atom is -0.478 e. The van der Waals surface area contributed by atoms with E-state index >= 15 is 0 Å². The summed E-state index contributed by atoms with van der Waals surface area (Å²) in [5.74, 6) is -8.01. The van der Waals surface area contributed by atoms with Crippen molar-refractivity contribution in [1.82, 2.24) is 21.3 Å². The first-order valence-electron chi connectivity index (χ1n) is 17.7. The fourth-order valence-electron chi connectivity index (χ4n) is 6.46. The lowest BCUT2D eigenvalue weighted by atomic mass is 9.80. The third kappa shape index (κ3) is 11.7. The molecule has 55 heavy (non-hydrogen) atoms. The van der Waals surface area contributed by atoms with Gasteiger partial charge in [0.1, 0.15) is 23.4 Å². The quantitative estimate of drug-likeness (QED) is 0.0444. The first kappa shape index (κ1) is 41.7. The standard InChI is InChI=1S/C38H45N5O12/c39-29(44)21-28(31(45)40-19-7-11-24-10-6-9-23-8-2-3-12-26(23)24)42-37(54)38(17-4-1-5-18-38)43-32(46)27(41-33(47)36(52)53)20-22-13-15-25(16-14-22)55-30(34(48)49)35(50)51/h2-3,6,8-10,12-16,27-28,30,36,52-53H,1,4-5,7,11,17-21H2,(H2,39,44)(H,40,45)(H,41,47)(H,42,54)(H,43,46)(H,48,49)(H,50,51)/t27-,28-/m0/s1. The number of carbonyl (C=O) groups is 7. The number of ether oxygens (including phenoxy) is 1. The van der Waals surface area contributed by atoms with Crippen molar-refractivity contribution in [2.24, 2.45) is 5.73 Å². The number of aryl methyl sites for hydroxylation is 1. The van der Waals surface area contributed by atoms with Gasteiger partial charge in [0.05, 0.1) is 6.42 Å². The van der Waals surface area contributed by atoms with Gasteiger partial charge in [-0.15, -0.1) is 0 Å². The van der Waals surface area contributed by atoms with Crippen molar-refractivity contribution in [3.05, 3.63) is 77.9 Å². The van der Waals surface area contributed by atoms with Crippen LogP contribution in [0.25, 0.3) is 10.8 Å².